The van der Waals surface area contributed by atoms with Gasteiger partial charge in [-0.15, -0.1) is 0 Å². The third kappa shape index (κ3) is 3.10. The van der Waals surface area contributed by atoms with E-state index in [1.54, 1.807) is 0 Å². The lowest BCUT2D eigenvalue weighted by atomic mass is 9.75. The number of nitrogens with two attached hydrogens (primary N) is 1. The number of hydrogen-bond donors (Lipinski definition) is 1. The molecule has 1 aromatic heterocycles. The first-order chi connectivity index (χ1) is 9.20. The molecule has 0 amide bonds. The van der Waals surface area contributed by atoms with Crippen molar-refractivity contribution < 1.29 is 4.52 Å². The summed E-state index contributed by atoms with van der Waals surface area (Å²) in [5.74, 6) is 1.26. The first-order valence-corrected chi connectivity index (χ1v) is 7.36. The quantitative estimate of drug-likeness (QED) is 0.927. The number of aromatic nitrogens is 2. The third-order valence-electron chi connectivity index (χ3n) is 3.89. The minimum absolute atomic E-state index is 0.377. The van der Waals surface area contributed by atoms with Gasteiger partial charge in [-0.1, -0.05) is 33.2 Å². The fourth-order valence-electron chi connectivity index (χ4n) is 1.64. The number of nitrogens with zero attached hydrogens (tertiary/aromatic N) is 2. The van der Waals surface area contributed by atoms with Crippen molar-refractivity contribution in [1.82, 2.24) is 10.1 Å². The smallest absolute Gasteiger partial charge is 0.234 e. The fourth-order valence-corrected chi connectivity index (χ4v) is 1.90. The molecule has 0 atom stereocenters. The molecular formula is C15H20BrN3O. The zero-order valence-electron chi connectivity index (χ0n) is 12.3. The van der Waals surface area contributed by atoms with Crippen LogP contribution in [0.25, 0.3) is 0 Å². The highest BCUT2D eigenvalue weighted by Crippen LogP contribution is 2.31. The first-order valence-electron chi connectivity index (χ1n) is 6.56. The summed E-state index contributed by atoms with van der Waals surface area (Å²) < 4.78 is 6.46. The largest absolute Gasteiger partial charge is 0.339 e. The minimum atomic E-state index is -0.436. The van der Waals surface area contributed by atoms with Gasteiger partial charge in [0.2, 0.25) is 5.89 Å². The fraction of sp³-hybridized carbons (Fsp3) is 0.467. The Morgan fingerprint density at radius 2 is 1.75 bits per heavy atom. The summed E-state index contributed by atoms with van der Waals surface area (Å²) in [6, 6.07) is 8.09. The predicted octanol–water partition coefficient (Wildman–Crippen LogP) is 3.44. The van der Waals surface area contributed by atoms with Crippen LogP contribution in [0.1, 0.15) is 45.0 Å². The topological polar surface area (TPSA) is 64.9 Å². The van der Waals surface area contributed by atoms with Gasteiger partial charge in [-0.05, 0) is 45.4 Å². The first kappa shape index (κ1) is 15.2. The van der Waals surface area contributed by atoms with Crippen LogP contribution in [0.2, 0.25) is 0 Å². The Morgan fingerprint density at radius 1 is 1.15 bits per heavy atom. The molecule has 108 valence electrons. The van der Waals surface area contributed by atoms with Crippen LogP contribution in [0, 0.1) is 0 Å². The molecule has 2 rings (SSSR count). The van der Waals surface area contributed by atoms with E-state index in [9.17, 15) is 0 Å². The maximum absolute atomic E-state index is 6.19. The molecule has 0 aliphatic heterocycles. The van der Waals surface area contributed by atoms with E-state index in [1.165, 1.54) is 0 Å². The standard InChI is InChI=1S/C15H20BrN3O/c1-14(2,15(3,4)17)13-18-12(19-20-13)9-10-5-7-11(16)8-6-10/h5-8H,9,17H2,1-4H3. The van der Waals surface area contributed by atoms with E-state index >= 15 is 0 Å². The molecule has 2 N–H and O–H groups in total. The Labute approximate surface area is 127 Å². The van der Waals surface area contributed by atoms with Crippen LogP contribution < -0.4 is 5.73 Å². The van der Waals surface area contributed by atoms with Gasteiger partial charge in [0, 0.05) is 16.4 Å². The maximum atomic E-state index is 6.19. The molecule has 0 unspecified atom stereocenters. The van der Waals surface area contributed by atoms with Gasteiger partial charge < -0.3 is 10.3 Å². The zero-order chi connectivity index (χ0) is 15.0. The van der Waals surface area contributed by atoms with Gasteiger partial charge in [0.1, 0.15) is 0 Å². The molecule has 0 saturated carbocycles. The number of benzene rings is 1. The molecule has 1 heterocycles. The molecule has 0 fully saturated rings. The summed E-state index contributed by atoms with van der Waals surface area (Å²) in [5, 5.41) is 4.06. The molecular weight excluding hydrogens is 318 g/mol. The SMILES string of the molecule is CC(C)(N)C(C)(C)c1nc(Cc2ccc(Br)cc2)no1. The van der Waals surface area contributed by atoms with E-state index in [1.807, 2.05) is 52.0 Å². The molecule has 0 spiro atoms. The summed E-state index contributed by atoms with van der Waals surface area (Å²) in [6.07, 6.45) is 0.651. The Bertz CT molecular complexity index is 582. The molecule has 2 aromatic rings. The van der Waals surface area contributed by atoms with Crippen LogP contribution in [0.3, 0.4) is 0 Å². The van der Waals surface area contributed by atoms with E-state index in [4.69, 9.17) is 10.3 Å². The van der Waals surface area contributed by atoms with Crippen molar-refractivity contribution in [1.29, 1.82) is 0 Å². The maximum Gasteiger partial charge on any atom is 0.234 e. The van der Waals surface area contributed by atoms with E-state index in [-0.39, 0.29) is 5.41 Å². The second-order valence-corrected chi connectivity index (χ2v) is 7.08. The minimum Gasteiger partial charge on any atom is -0.339 e. The van der Waals surface area contributed by atoms with Crippen LogP contribution in [-0.2, 0) is 11.8 Å². The second-order valence-electron chi connectivity index (χ2n) is 6.17. The van der Waals surface area contributed by atoms with Crippen LogP contribution >= 0.6 is 15.9 Å². The summed E-state index contributed by atoms with van der Waals surface area (Å²) >= 11 is 3.42. The molecule has 5 heteroatoms. The Kier molecular flexibility index (Phi) is 4.02. The van der Waals surface area contributed by atoms with E-state index in [0.29, 0.717) is 18.1 Å². The van der Waals surface area contributed by atoms with E-state index < -0.39 is 5.54 Å². The highest BCUT2D eigenvalue weighted by Gasteiger charge is 2.40. The molecule has 0 aliphatic carbocycles. The second kappa shape index (κ2) is 5.30. The number of hydrogen-bond acceptors (Lipinski definition) is 4. The van der Waals surface area contributed by atoms with E-state index in [2.05, 4.69) is 26.1 Å². The van der Waals surface area contributed by atoms with Crippen molar-refractivity contribution >= 4 is 15.9 Å². The van der Waals surface area contributed by atoms with Crippen molar-refractivity contribution in [2.45, 2.75) is 45.1 Å². The van der Waals surface area contributed by atoms with Crippen molar-refractivity contribution in [2.24, 2.45) is 5.73 Å². The van der Waals surface area contributed by atoms with Crippen LogP contribution in [-0.4, -0.2) is 15.7 Å². The molecule has 0 aliphatic rings. The highest BCUT2D eigenvalue weighted by molar-refractivity contribution is 9.10. The van der Waals surface area contributed by atoms with Gasteiger partial charge in [-0.25, -0.2) is 0 Å². The zero-order valence-corrected chi connectivity index (χ0v) is 13.9. The van der Waals surface area contributed by atoms with Crippen molar-refractivity contribution in [3.05, 3.63) is 46.0 Å². The molecule has 1 aromatic carbocycles. The van der Waals surface area contributed by atoms with Gasteiger partial charge in [-0.3, -0.25) is 0 Å². The van der Waals surface area contributed by atoms with Crippen molar-refractivity contribution in [3.63, 3.8) is 0 Å². The van der Waals surface area contributed by atoms with E-state index in [0.717, 1.165) is 10.0 Å². The van der Waals surface area contributed by atoms with Crippen LogP contribution in [0.4, 0.5) is 0 Å². The van der Waals surface area contributed by atoms with Crippen molar-refractivity contribution in [2.75, 3.05) is 0 Å². The van der Waals surface area contributed by atoms with Crippen LogP contribution in [0.15, 0.2) is 33.3 Å². The molecule has 0 bridgehead atoms. The van der Waals surface area contributed by atoms with Crippen molar-refractivity contribution in [3.8, 4) is 0 Å². The molecule has 0 saturated heterocycles. The Morgan fingerprint density at radius 3 is 2.30 bits per heavy atom. The van der Waals surface area contributed by atoms with Gasteiger partial charge >= 0.3 is 0 Å². The Hall–Kier alpha value is -1.20. The lowest BCUT2D eigenvalue weighted by Crippen LogP contribution is -2.50. The van der Waals surface area contributed by atoms with Gasteiger partial charge in [0.25, 0.3) is 0 Å². The predicted molar refractivity (Wildman–Crippen MR) is 82.5 cm³/mol. The van der Waals surface area contributed by atoms with Gasteiger partial charge in [-0.2, -0.15) is 4.98 Å². The normalized spacial score (nSPS) is 12.7. The monoisotopic (exact) mass is 337 g/mol. The molecule has 0 radical (unpaired) electrons. The Balaban J connectivity index is 2.19. The van der Waals surface area contributed by atoms with Crippen LogP contribution in [0.5, 0.6) is 0 Å². The molecule has 4 nitrogen and oxygen atoms in total. The van der Waals surface area contributed by atoms with Gasteiger partial charge in [0.15, 0.2) is 5.82 Å². The average Bonchev–Trinajstić information content (AvgIpc) is 2.80. The number of halogens is 1. The molecule has 20 heavy (non-hydrogen) atoms. The highest BCUT2D eigenvalue weighted by atomic mass is 79.9. The third-order valence-corrected chi connectivity index (χ3v) is 4.42. The summed E-state index contributed by atoms with van der Waals surface area (Å²) in [5.41, 5.74) is 6.52. The lowest BCUT2D eigenvalue weighted by Gasteiger charge is -2.34. The lowest BCUT2D eigenvalue weighted by molar-refractivity contribution is 0.222. The number of rotatable bonds is 4. The summed E-state index contributed by atoms with van der Waals surface area (Å²) in [4.78, 5) is 4.50. The average molecular weight is 338 g/mol. The summed E-state index contributed by atoms with van der Waals surface area (Å²) in [6.45, 7) is 7.96. The summed E-state index contributed by atoms with van der Waals surface area (Å²) in [7, 11) is 0. The van der Waals surface area contributed by atoms with Gasteiger partial charge in [0.05, 0.1) is 5.41 Å².